The van der Waals surface area contributed by atoms with Gasteiger partial charge in [-0.3, -0.25) is 14.3 Å². The lowest BCUT2D eigenvalue weighted by molar-refractivity contribution is -0.151. The van der Waals surface area contributed by atoms with Gasteiger partial charge in [-0.15, -0.1) is 11.3 Å². The number of rotatable bonds is 7. The molecule has 0 aliphatic rings. The van der Waals surface area contributed by atoms with Crippen LogP contribution in [0.1, 0.15) is 22.7 Å². The van der Waals surface area contributed by atoms with Gasteiger partial charge in [-0.1, -0.05) is 6.07 Å². The van der Waals surface area contributed by atoms with Crippen LogP contribution >= 0.6 is 11.3 Å². The van der Waals surface area contributed by atoms with Crippen LogP contribution in [-0.2, 0) is 27.4 Å². The zero-order chi connectivity index (χ0) is 16.8. The first-order valence-corrected chi connectivity index (χ1v) is 8.26. The van der Waals surface area contributed by atoms with Gasteiger partial charge in [0.2, 0.25) is 0 Å². The van der Waals surface area contributed by atoms with Crippen LogP contribution in [0.15, 0.2) is 23.6 Å². The highest BCUT2D eigenvalue weighted by molar-refractivity contribution is 7.09. The molecule has 7 heteroatoms. The zero-order valence-electron chi connectivity index (χ0n) is 13.6. The van der Waals surface area contributed by atoms with E-state index in [4.69, 9.17) is 4.74 Å². The van der Waals surface area contributed by atoms with Crippen LogP contribution in [0.2, 0.25) is 0 Å². The number of aromatic nitrogens is 2. The molecule has 6 nitrogen and oxygen atoms in total. The highest BCUT2D eigenvalue weighted by Crippen LogP contribution is 2.11. The summed E-state index contributed by atoms with van der Waals surface area (Å²) in [5, 5.41) is 6.25. The Morgan fingerprint density at radius 1 is 1.39 bits per heavy atom. The molecular weight excluding hydrogens is 314 g/mol. The molecular formula is C16H21N3O3S. The molecule has 2 aromatic heterocycles. The molecule has 2 aromatic rings. The smallest absolute Gasteiger partial charge is 0.308 e. The lowest BCUT2D eigenvalue weighted by Gasteiger charge is -2.16. The van der Waals surface area contributed by atoms with E-state index in [-0.39, 0.29) is 18.9 Å². The highest BCUT2D eigenvalue weighted by Gasteiger charge is 2.13. The first-order valence-electron chi connectivity index (χ1n) is 7.38. The average Bonchev–Trinajstić information content (AvgIpc) is 3.12. The Bertz CT molecular complexity index is 664. The molecule has 0 unspecified atom stereocenters. The van der Waals surface area contributed by atoms with Crippen molar-refractivity contribution in [1.82, 2.24) is 14.7 Å². The van der Waals surface area contributed by atoms with Crippen molar-refractivity contribution in [2.75, 3.05) is 13.7 Å². The SMILES string of the molecule is Cc1cc(C)n(CCC(=O)OCC(=O)N(C)Cc2cccs2)n1. The first kappa shape index (κ1) is 17.2. The summed E-state index contributed by atoms with van der Waals surface area (Å²) in [6.45, 7) is 4.60. The van der Waals surface area contributed by atoms with Gasteiger partial charge in [0.15, 0.2) is 6.61 Å². The van der Waals surface area contributed by atoms with Crippen molar-refractivity contribution < 1.29 is 14.3 Å². The number of likely N-dealkylation sites (N-methyl/N-ethyl adjacent to an activating group) is 1. The standard InChI is InChI=1S/C16H21N3O3S/c1-12-9-13(2)19(17-12)7-6-16(21)22-11-15(20)18(3)10-14-5-4-8-23-14/h4-5,8-9H,6-7,10-11H2,1-3H3. The monoisotopic (exact) mass is 335 g/mol. The van der Waals surface area contributed by atoms with Crippen LogP contribution in [0, 0.1) is 13.8 Å². The maximum Gasteiger partial charge on any atom is 0.308 e. The second kappa shape index (κ2) is 7.92. The summed E-state index contributed by atoms with van der Waals surface area (Å²) < 4.78 is 6.81. The maximum absolute atomic E-state index is 11.9. The predicted octanol–water partition coefficient (Wildman–Crippen LogP) is 2.15. The van der Waals surface area contributed by atoms with Crippen LogP contribution in [0.4, 0.5) is 0 Å². The van der Waals surface area contributed by atoms with Gasteiger partial charge < -0.3 is 9.64 Å². The molecule has 0 radical (unpaired) electrons. The highest BCUT2D eigenvalue weighted by atomic mass is 32.1. The molecule has 0 N–H and O–H groups in total. The summed E-state index contributed by atoms with van der Waals surface area (Å²) in [6.07, 6.45) is 0.198. The van der Waals surface area contributed by atoms with Gasteiger partial charge >= 0.3 is 5.97 Å². The minimum absolute atomic E-state index is 0.198. The number of esters is 1. The lowest BCUT2D eigenvalue weighted by atomic mass is 10.4. The molecule has 0 saturated carbocycles. The fourth-order valence-electron chi connectivity index (χ4n) is 2.15. The number of carbonyl (C=O) groups is 2. The van der Waals surface area contributed by atoms with E-state index in [1.54, 1.807) is 28.0 Å². The second-order valence-electron chi connectivity index (χ2n) is 5.39. The van der Waals surface area contributed by atoms with Crippen LogP contribution < -0.4 is 0 Å². The van der Waals surface area contributed by atoms with Gasteiger partial charge in [-0.25, -0.2) is 0 Å². The Kier molecular flexibility index (Phi) is 5.92. The van der Waals surface area contributed by atoms with Crippen molar-refractivity contribution in [2.45, 2.75) is 33.4 Å². The number of nitrogens with zero attached hydrogens (tertiary/aromatic N) is 3. The molecule has 0 aromatic carbocycles. The summed E-state index contributed by atoms with van der Waals surface area (Å²) in [7, 11) is 1.70. The zero-order valence-corrected chi connectivity index (χ0v) is 14.4. The molecule has 0 spiro atoms. The van der Waals surface area contributed by atoms with E-state index in [2.05, 4.69) is 5.10 Å². The summed E-state index contributed by atoms with van der Waals surface area (Å²) in [4.78, 5) is 26.3. The van der Waals surface area contributed by atoms with Gasteiger partial charge in [0.05, 0.1) is 25.2 Å². The summed E-state index contributed by atoms with van der Waals surface area (Å²) in [5.74, 6) is -0.603. The number of hydrogen-bond donors (Lipinski definition) is 0. The van der Waals surface area contributed by atoms with Crippen LogP contribution in [-0.4, -0.2) is 40.2 Å². The van der Waals surface area contributed by atoms with E-state index < -0.39 is 5.97 Å². The Labute approximate surface area is 139 Å². The van der Waals surface area contributed by atoms with Gasteiger partial charge in [-0.2, -0.15) is 5.10 Å². The van der Waals surface area contributed by atoms with E-state index >= 15 is 0 Å². The Balaban J connectivity index is 1.71. The van der Waals surface area contributed by atoms with Gasteiger partial charge in [0.25, 0.3) is 5.91 Å². The summed E-state index contributed by atoms with van der Waals surface area (Å²) >= 11 is 1.59. The Morgan fingerprint density at radius 3 is 2.78 bits per heavy atom. The molecule has 0 fully saturated rings. The Hall–Kier alpha value is -2.15. The average molecular weight is 335 g/mol. The number of carbonyl (C=O) groups excluding carboxylic acids is 2. The minimum Gasteiger partial charge on any atom is -0.456 e. The number of amides is 1. The largest absolute Gasteiger partial charge is 0.456 e. The third-order valence-corrected chi connectivity index (χ3v) is 4.25. The lowest BCUT2D eigenvalue weighted by Crippen LogP contribution is -2.30. The van der Waals surface area contributed by atoms with E-state index in [0.717, 1.165) is 16.3 Å². The molecule has 2 heterocycles. The number of aryl methyl sites for hydroxylation is 3. The van der Waals surface area contributed by atoms with Crippen molar-refractivity contribution in [3.8, 4) is 0 Å². The summed E-state index contributed by atoms with van der Waals surface area (Å²) in [5.41, 5.74) is 1.92. The third kappa shape index (κ3) is 5.21. The topological polar surface area (TPSA) is 64.4 Å². The van der Waals surface area contributed by atoms with E-state index in [1.165, 1.54) is 0 Å². The van der Waals surface area contributed by atoms with Crippen LogP contribution in [0.5, 0.6) is 0 Å². The number of ether oxygens (including phenoxy) is 1. The van der Waals surface area contributed by atoms with Crippen LogP contribution in [0.25, 0.3) is 0 Å². The molecule has 1 amide bonds. The molecule has 2 rings (SSSR count). The fraction of sp³-hybridized carbons (Fsp3) is 0.438. The van der Waals surface area contributed by atoms with E-state index in [1.807, 2.05) is 37.4 Å². The van der Waals surface area contributed by atoms with Crippen LogP contribution in [0.3, 0.4) is 0 Å². The molecule has 0 bridgehead atoms. The van der Waals surface area contributed by atoms with Crippen molar-refractivity contribution in [2.24, 2.45) is 0 Å². The Morgan fingerprint density at radius 2 is 2.17 bits per heavy atom. The van der Waals surface area contributed by atoms with Gasteiger partial charge in [0, 0.05) is 17.6 Å². The van der Waals surface area contributed by atoms with Gasteiger partial charge in [0.1, 0.15) is 0 Å². The van der Waals surface area contributed by atoms with Crippen molar-refractivity contribution in [1.29, 1.82) is 0 Å². The quantitative estimate of drug-likeness (QED) is 0.727. The van der Waals surface area contributed by atoms with Gasteiger partial charge in [-0.05, 0) is 31.4 Å². The number of hydrogen-bond acceptors (Lipinski definition) is 5. The van der Waals surface area contributed by atoms with E-state index in [0.29, 0.717) is 13.1 Å². The molecule has 124 valence electrons. The van der Waals surface area contributed by atoms with Crippen molar-refractivity contribution >= 4 is 23.2 Å². The minimum atomic E-state index is -0.393. The number of thiophene rings is 1. The molecule has 0 aliphatic heterocycles. The van der Waals surface area contributed by atoms with E-state index in [9.17, 15) is 9.59 Å². The summed E-state index contributed by atoms with van der Waals surface area (Å²) in [6, 6.07) is 5.86. The third-order valence-electron chi connectivity index (χ3n) is 3.39. The van der Waals surface area contributed by atoms with Crippen molar-refractivity contribution in [3.63, 3.8) is 0 Å². The second-order valence-corrected chi connectivity index (χ2v) is 6.42. The molecule has 0 saturated heterocycles. The first-order chi connectivity index (χ1) is 11.0. The van der Waals surface area contributed by atoms with Crippen molar-refractivity contribution in [3.05, 3.63) is 39.8 Å². The molecule has 0 aliphatic carbocycles. The predicted molar refractivity (Wildman–Crippen MR) is 88.1 cm³/mol. The molecule has 0 atom stereocenters. The maximum atomic E-state index is 11.9. The normalized spacial score (nSPS) is 10.6. The fourth-order valence-corrected chi connectivity index (χ4v) is 2.90. The molecule has 23 heavy (non-hydrogen) atoms.